The summed E-state index contributed by atoms with van der Waals surface area (Å²) in [7, 11) is -3.83. The highest BCUT2D eigenvalue weighted by Crippen LogP contribution is 2.36. The Labute approximate surface area is 166 Å². The van der Waals surface area contributed by atoms with Crippen molar-refractivity contribution in [3.8, 4) is 11.5 Å². The number of hydrogen-bond acceptors (Lipinski definition) is 6. The Bertz CT molecular complexity index is 1100. The van der Waals surface area contributed by atoms with Crippen LogP contribution < -0.4 is 19.1 Å². The van der Waals surface area contributed by atoms with Crippen LogP contribution >= 0.6 is 11.6 Å². The summed E-state index contributed by atoms with van der Waals surface area (Å²) >= 11 is 6.12. The summed E-state index contributed by atoms with van der Waals surface area (Å²) < 4.78 is 35.8. The standard InChI is InChI=1S/C18H15ClN2O6S/c1-10-8-28(24,25)21(18(10)23)14-6-11(2-4-13(14)19)17(22)20-12-3-5-15-16(7-12)27-9-26-15/h2-7,10H,8-9H2,1H3,(H,20,22). The van der Waals surface area contributed by atoms with Crippen LogP contribution in [0.1, 0.15) is 17.3 Å². The van der Waals surface area contributed by atoms with E-state index in [9.17, 15) is 18.0 Å². The number of anilines is 2. The molecule has 1 atom stereocenters. The number of hydrogen-bond donors (Lipinski definition) is 1. The molecule has 28 heavy (non-hydrogen) atoms. The van der Waals surface area contributed by atoms with Crippen LogP contribution in [-0.2, 0) is 14.8 Å². The number of carbonyl (C=O) groups excluding carboxylic acids is 2. The van der Waals surface area contributed by atoms with Gasteiger partial charge in [0.25, 0.3) is 5.91 Å². The van der Waals surface area contributed by atoms with E-state index >= 15 is 0 Å². The lowest BCUT2D eigenvalue weighted by Gasteiger charge is -2.17. The van der Waals surface area contributed by atoms with Crippen molar-refractivity contribution < 1.29 is 27.5 Å². The molecule has 1 saturated heterocycles. The van der Waals surface area contributed by atoms with E-state index < -0.39 is 27.8 Å². The number of amides is 2. The van der Waals surface area contributed by atoms with Gasteiger partial charge in [0.2, 0.25) is 22.7 Å². The van der Waals surface area contributed by atoms with Gasteiger partial charge in [-0.15, -0.1) is 0 Å². The fraction of sp³-hybridized carbons (Fsp3) is 0.222. The molecule has 2 aliphatic heterocycles. The maximum absolute atomic E-state index is 12.6. The maximum Gasteiger partial charge on any atom is 0.255 e. The first-order valence-electron chi connectivity index (χ1n) is 8.33. The molecule has 0 radical (unpaired) electrons. The lowest BCUT2D eigenvalue weighted by atomic mass is 10.1. The zero-order valence-electron chi connectivity index (χ0n) is 14.6. The summed E-state index contributed by atoms with van der Waals surface area (Å²) in [5.74, 6) is -0.942. The molecule has 2 aromatic rings. The van der Waals surface area contributed by atoms with E-state index in [4.69, 9.17) is 21.1 Å². The van der Waals surface area contributed by atoms with Crippen molar-refractivity contribution in [2.24, 2.45) is 5.92 Å². The van der Waals surface area contributed by atoms with Gasteiger partial charge < -0.3 is 14.8 Å². The second kappa shape index (κ2) is 6.68. The van der Waals surface area contributed by atoms with E-state index in [0.717, 1.165) is 0 Å². The molecule has 10 heteroatoms. The molecule has 2 amide bonds. The highest BCUT2D eigenvalue weighted by Gasteiger charge is 2.43. The third-order valence-electron chi connectivity index (χ3n) is 4.42. The van der Waals surface area contributed by atoms with E-state index in [2.05, 4.69) is 5.32 Å². The van der Waals surface area contributed by atoms with Gasteiger partial charge in [0.05, 0.1) is 22.4 Å². The third kappa shape index (κ3) is 3.16. The normalized spacial score (nSPS) is 19.7. The number of benzene rings is 2. The average molecular weight is 423 g/mol. The van der Waals surface area contributed by atoms with E-state index in [1.807, 2.05) is 0 Å². The first kappa shape index (κ1) is 18.6. The molecule has 1 unspecified atom stereocenters. The zero-order chi connectivity index (χ0) is 20.1. The minimum atomic E-state index is -3.83. The number of nitrogens with zero attached hydrogens (tertiary/aromatic N) is 1. The predicted molar refractivity (Wildman–Crippen MR) is 102 cm³/mol. The minimum Gasteiger partial charge on any atom is -0.454 e. The van der Waals surface area contributed by atoms with Gasteiger partial charge in [-0.3, -0.25) is 9.59 Å². The van der Waals surface area contributed by atoms with Crippen molar-refractivity contribution >= 4 is 44.8 Å². The number of fused-ring (bicyclic) bond motifs is 1. The Kier molecular flexibility index (Phi) is 4.43. The van der Waals surface area contributed by atoms with Crippen molar-refractivity contribution in [1.29, 1.82) is 0 Å². The molecule has 146 valence electrons. The topological polar surface area (TPSA) is 102 Å². The SMILES string of the molecule is CC1CS(=O)(=O)N(c2cc(C(=O)Nc3ccc4c(c3)OCO4)ccc2Cl)C1=O. The Morgan fingerprint density at radius 1 is 1.18 bits per heavy atom. The highest BCUT2D eigenvalue weighted by molar-refractivity contribution is 7.94. The summed E-state index contributed by atoms with van der Waals surface area (Å²) in [5, 5.41) is 2.76. The largest absolute Gasteiger partial charge is 0.454 e. The van der Waals surface area contributed by atoms with Crippen molar-refractivity contribution in [2.75, 3.05) is 22.2 Å². The monoisotopic (exact) mass is 422 g/mol. The molecule has 0 bridgehead atoms. The molecule has 0 aliphatic carbocycles. The van der Waals surface area contributed by atoms with Crippen LogP contribution in [0.2, 0.25) is 5.02 Å². The molecule has 0 spiro atoms. The molecular weight excluding hydrogens is 408 g/mol. The van der Waals surface area contributed by atoms with Crippen LogP contribution in [0.25, 0.3) is 0 Å². The number of carbonyl (C=O) groups is 2. The van der Waals surface area contributed by atoms with Crippen LogP contribution in [0.5, 0.6) is 11.5 Å². The quantitative estimate of drug-likeness (QED) is 0.815. The lowest BCUT2D eigenvalue weighted by Crippen LogP contribution is -2.30. The second-order valence-electron chi connectivity index (χ2n) is 6.47. The van der Waals surface area contributed by atoms with Crippen molar-refractivity contribution in [3.05, 3.63) is 47.0 Å². The average Bonchev–Trinajstić information content (AvgIpc) is 3.17. The van der Waals surface area contributed by atoms with Gasteiger partial charge in [-0.05, 0) is 30.3 Å². The summed E-state index contributed by atoms with van der Waals surface area (Å²) in [6.07, 6.45) is 0. The van der Waals surface area contributed by atoms with Crippen molar-refractivity contribution in [2.45, 2.75) is 6.92 Å². The van der Waals surface area contributed by atoms with E-state index in [1.165, 1.54) is 25.1 Å². The smallest absolute Gasteiger partial charge is 0.255 e. The highest BCUT2D eigenvalue weighted by atomic mass is 35.5. The number of nitrogens with one attached hydrogen (secondary N) is 1. The van der Waals surface area contributed by atoms with E-state index in [1.54, 1.807) is 18.2 Å². The lowest BCUT2D eigenvalue weighted by molar-refractivity contribution is -0.119. The first-order valence-corrected chi connectivity index (χ1v) is 10.3. The molecule has 0 saturated carbocycles. The Balaban J connectivity index is 1.63. The molecule has 0 aromatic heterocycles. The third-order valence-corrected chi connectivity index (χ3v) is 6.59. The number of rotatable bonds is 3. The predicted octanol–water partition coefficient (Wildman–Crippen LogP) is 2.63. The first-order chi connectivity index (χ1) is 13.3. The maximum atomic E-state index is 12.6. The molecule has 1 fully saturated rings. The fourth-order valence-corrected chi connectivity index (χ4v) is 5.14. The van der Waals surface area contributed by atoms with Gasteiger partial charge in [0, 0.05) is 17.3 Å². The van der Waals surface area contributed by atoms with Crippen LogP contribution in [-0.4, -0.2) is 32.8 Å². The van der Waals surface area contributed by atoms with Crippen molar-refractivity contribution in [1.82, 2.24) is 0 Å². The molecule has 2 aliphatic rings. The van der Waals surface area contributed by atoms with Gasteiger partial charge in [-0.2, -0.15) is 0 Å². The Morgan fingerprint density at radius 2 is 1.93 bits per heavy atom. The van der Waals surface area contributed by atoms with Crippen LogP contribution in [0.15, 0.2) is 36.4 Å². The molecular formula is C18H15ClN2O6S. The second-order valence-corrected chi connectivity index (χ2v) is 8.74. The molecule has 2 aromatic carbocycles. The van der Waals surface area contributed by atoms with Crippen molar-refractivity contribution in [3.63, 3.8) is 0 Å². The van der Waals surface area contributed by atoms with Crippen LogP contribution in [0, 0.1) is 5.92 Å². The molecule has 8 nitrogen and oxygen atoms in total. The molecule has 2 heterocycles. The van der Waals surface area contributed by atoms with Crippen LogP contribution in [0.3, 0.4) is 0 Å². The number of sulfonamides is 1. The summed E-state index contributed by atoms with van der Waals surface area (Å²) in [6, 6.07) is 9.06. The number of ether oxygens (including phenoxy) is 2. The molecule has 1 N–H and O–H groups in total. The summed E-state index contributed by atoms with van der Waals surface area (Å²) in [4.78, 5) is 24.9. The Hall–Kier alpha value is -2.78. The fourth-order valence-electron chi connectivity index (χ4n) is 3.05. The van der Waals surface area contributed by atoms with Gasteiger partial charge in [-0.25, -0.2) is 12.7 Å². The Morgan fingerprint density at radius 3 is 2.64 bits per heavy atom. The zero-order valence-corrected chi connectivity index (χ0v) is 16.2. The van der Waals surface area contributed by atoms with Crippen LogP contribution in [0.4, 0.5) is 11.4 Å². The van der Waals surface area contributed by atoms with Gasteiger partial charge >= 0.3 is 0 Å². The van der Waals surface area contributed by atoms with Gasteiger partial charge in [-0.1, -0.05) is 18.5 Å². The minimum absolute atomic E-state index is 0.0330. The number of halogens is 1. The van der Waals surface area contributed by atoms with E-state index in [0.29, 0.717) is 21.5 Å². The van der Waals surface area contributed by atoms with Gasteiger partial charge in [0.15, 0.2) is 11.5 Å². The van der Waals surface area contributed by atoms with E-state index in [-0.39, 0.29) is 28.8 Å². The van der Waals surface area contributed by atoms with Gasteiger partial charge in [0.1, 0.15) is 0 Å². The molecule has 4 rings (SSSR count). The summed E-state index contributed by atoms with van der Waals surface area (Å²) in [5.41, 5.74) is 0.596. The summed E-state index contributed by atoms with van der Waals surface area (Å²) in [6.45, 7) is 1.65.